The van der Waals surface area contributed by atoms with Gasteiger partial charge in [0.2, 0.25) is 0 Å². The molecule has 138 valence electrons. The van der Waals surface area contributed by atoms with E-state index in [4.69, 9.17) is 10.7 Å². The molecule has 0 aliphatic heterocycles. The minimum Gasteiger partial charge on any atom is -0.347 e. The van der Waals surface area contributed by atoms with Crippen molar-refractivity contribution >= 4 is 32.7 Å². The van der Waals surface area contributed by atoms with Crippen molar-refractivity contribution in [2.45, 2.75) is 13.0 Å². The van der Waals surface area contributed by atoms with E-state index in [-0.39, 0.29) is 5.56 Å². The van der Waals surface area contributed by atoms with Crippen LogP contribution in [0.2, 0.25) is 0 Å². The molecule has 28 heavy (non-hydrogen) atoms. The third-order valence-corrected chi connectivity index (χ3v) is 5.23. The third-order valence-electron chi connectivity index (χ3n) is 5.23. The van der Waals surface area contributed by atoms with Gasteiger partial charge in [-0.3, -0.25) is 4.79 Å². The van der Waals surface area contributed by atoms with E-state index in [2.05, 4.69) is 21.7 Å². The largest absolute Gasteiger partial charge is 0.347 e. The van der Waals surface area contributed by atoms with Gasteiger partial charge < -0.3 is 15.3 Å². The third kappa shape index (κ3) is 2.60. The molecule has 0 bridgehead atoms. The number of aryl methyl sites for hydroxylation is 1. The molecule has 0 atom stereocenters. The summed E-state index contributed by atoms with van der Waals surface area (Å²) in [6.07, 6.45) is 2.90. The van der Waals surface area contributed by atoms with Crippen molar-refractivity contribution in [3.05, 3.63) is 77.2 Å². The molecular weight excluding hydrogens is 348 g/mol. The van der Waals surface area contributed by atoms with Gasteiger partial charge in [0.05, 0.1) is 11.0 Å². The Labute approximate surface area is 161 Å². The number of fused-ring (bicyclic) bond motifs is 4. The molecule has 5 rings (SSSR count). The molecule has 2 aromatic heterocycles. The molecule has 0 saturated carbocycles. The van der Waals surface area contributed by atoms with Crippen molar-refractivity contribution in [2.75, 3.05) is 6.54 Å². The van der Waals surface area contributed by atoms with Crippen LogP contribution in [0.15, 0.2) is 71.7 Å². The van der Waals surface area contributed by atoms with E-state index in [9.17, 15) is 4.79 Å². The normalized spacial score (nSPS) is 11.6. The van der Waals surface area contributed by atoms with Crippen LogP contribution in [0.1, 0.15) is 6.42 Å². The Bertz CT molecular complexity index is 1380. The highest BCUT2D eigenvalue weighted by Crippen LogP contribution is 2.30. The first-order valence-electron chi connectivity index (χ1n) is 9.46. The van der Waals surface area contributed by atoms with Crippen molar-refractivity contribution in [3.8, 4) is 11.3 Å². The zero-order chi connectivity index (χ0) is 19.1. The zero-order valence-electron chi connectivity index (χ0n) is 15.4. The topological polar surface area (TPSA) is 76.7 Å². The standard InChI is InChI=1S/C23H20N4O/c24-12-5-13-27-14-18(17-8-3-4-9-20(17)27)22-23(28)25-19-11-10-15-6-1-2-7-16(15)21(19)26-22/h1-4,6-11,14H,5,12-13,24H2,(H,25,28). The van der Waals surface area contributed by atoms with Crippen LogP contribution in [0.4, 0.5) is 0 Å². The first kappa shape index (κ1) is 16.7. The fourth-order valence-electron chi connectivity index (χ4n) is 3.89. The molecule has 0 amide bonds. The highest BCUT2D eigenvalue weighted by Gasteiger charge is 2.15. The SMILES string of the molecule is NCCCn1cc(-c2nc3c(ccc4ccccc43)[nH]c2=O)c2ccccc21. The molecule has 3 N–H and O–H groups in total. The maximum Gasteiger partial charge on any atom is 0.275 e. The Hall–Kier alpha value is -3.44. The molecule has 0 aliphatic rings. The first-order chi connectivity index (χ1) is 13.8. The van der Waals surface area contributed by atoms with Crippen LogP contribution in [0, 0.1) is 0 Å². The van der Waals surface area contributed by atoms with Gasteiger partial charge in [-0.15, -0.1) is 0 Å². The van der Waals surface area contributed by atoms with Gasteiger partial charge in [-0.05, 0) is 30.5 Å². The van der Waals surface area contributed by atoms with Crippen molar-refractivity contribution in [1.29, 1.82) is 0 Å². The lowest BCUT2D eigenvalue weighted by molar-refractivity contribution is 0.671. The second-order valence-corrected chi connectivity index (χ2v) is 6.99. The summed E-state index contributed by atoms with van der Waals surface area (Å²) < 4.78 is 2.16. The summed E-state index contributed by atoms with van der Waals surface area (Å²) in [5.41, 5.74) is 9.47. The van der Waals surface area contributed by atoms with Gasteiger partial charge in [0.1, 0.15) is 5.69 Å². The van der Waals surface area contributed by atoms with Gasteiger partial charge in [0.15, 0.2) is 0 Å². The Balaban J connectivity index is 1.80. The predicted molar refractivity (Wildman–Crippen MR) is 114 cm³/mol. The van der Waals surface area contributed by atoms with Crippen LogP contribution in [-0.2, 0) is 6.54 Å². The fourth-order valence-corrected chi connectivity index (χ4v) is 3.89. The van der Waals surface area contributed by atoms with Gasteiger partial charge in [-0.2, -0.15) is 0 Å². The molecule has 5 aromatic rings. The first-order valence-corrected chi connectivity index (χ1v) is 9.46. The predicted octanol–water partition coefficient (Wildman–Crippen LogP) is 4.05. The van der Waals surface area contributed by atoms with Crippen LogP contribution < -0.4 is 11.3 Å². The minimum atomic E-state index is -0.176. The van der Waals surface area contributed by atoms with E-state index in [1.54, 1.807) is 0 Å². The van der Waals surface area contributed by atoms with Crippen LogP contribution in [0.5, 0.6) is 0 Å². The summed E-state index contributed by atoms with van der Waals surface area (Å²) in [4.78, 5) is 20.7. The van der Waals surface area contributed by atoms with E-state index in [1.807, 2.05) is 54.7 Å². The average Bonchev–Trinajstić information content (AvgIpc) is 3.10. The smallest absolute Gasteiger partial charge is 0.275 e. The number of hydrogen-bond acceptors (Lipinski definition) is 3. The van der Waals surface area contributed by atoms with Gasteiger partial charge in [-0.25, -0.2) is 4.98 Å². The molecule has 5 nitrogen and oxygen atoms in total. The van der Waals surface area contributed by atoms with Crippen molar-refractivity contribution in [1.82, 2.24) is 14.5 Å². The molecule has 0 saturated heterocycles. The van der Waals surface area contributed by atoms with E-state index < -0.39 is 0 Å². The average molecular weight is 368 g/mol. The minimum absolute atomic E-state index is 0.176. The molecule has 3 aromatic carbocycles. The fraction of sp³-hybridized carbons (Fsp3) is 0.130. The Morgan fingerprint density at radius 2 is 1.75 bits per heavy atom. The Kier molecular flexibility index (Phi) is 3.95. The summed E-state index contributed by atoms with van der Waals surface area (Å²) >= 11 is 0. The van der Waals surface area contributed by atoms with Crippen molar-refractivity contribution in [2.24, 2.45) is 5.73 Å². The molecule has 0 unspecified atom stereocenters. The van der Waals surface area contributed by atoms with E-state index in [1.165, 1.54) is 0 Å². The van der Waals surface area contributed by atoms with Crippen LogP contribution in [0.3, 0.4) is 0 Å². The molecular formula is C23H20N4O. The number of para-hydroxylation sites is 1. The van der Waals surface area contributed by atoms with Gasteiger partial charge >= 0.3 is 0 Å². The van der Waals surface area contributed by atoms with Crippen LogP contribution >= 0.6 is 0 Å². The number of nitrogens with zero attached hydrogens (tertiary/aromatic N) is 2. The molecule has 5 heteroatoms. The lowest BCUT2D eigenvalue weighted by Crippen LogP contribution is -2.11. The monoisotopic (exact) mass is 368 g/mol. The van der Waals surface area contributed by atoms with Gasteiger partial charge in [0.25, 0.3) is 5.56 Å². The van der Waals surface area contributed by atoms with E-state index in [0.29, 0.717) is 12.2 Å². The van der Waals surface area contributed by atoms with E-state index >= 15 is 0 Å². The summed E-state index contributed by atoms with van der Waals surface area (Å²) in [5.74, 6) is 0. The summed E-state index contributed by atoms with van der Waals surface area (Å²) in [7, 11) is 0. The number of H-pyrrole nitrogens is 1. The molecule has 0 fully saturated rings. The number of nitrogens with two attached hydrogens (primary N) is 1. The second kappa shape index (κ2) is 6.62. The Morgan fingerprint density at radius 3 is 2.61 bits per heavy atom. The number of benzene rings is 3. The van der Waals surface area contributed by atoms with Gasteiger partial charge in [0, 0.05) is 34.6 Å². The number of aromatic amines is 1. The second-order valence-electron chi connectivity index (χ2n) is 6.99. The highest BCUT2D eigenvalue weighted by atomic mass is 16.1. The molecule has 2 heterocycles. The van der Waals surface area contributed by atoms with E-state index in [0.717, 1.165) is 51.2 Å². The zero-order valence-corrected chi connectivity index (χ0v) is 15.4. The summed E-state index contributed by atoms with van der Waals surface area (Å²) in [6.45, 7) is 1.44. The number of nitrogens with one attached hydrogen (secondary N) is 1. The van der Waals surface area contributed by atoms with Crippen LogP contribution in [0.25, 0.3) is 44.0 Å². The van der Waals surface area contributed by atoms with Crippen molar-refractivity contribution < 1.29 is 0 Å². The number of rotatable bonds is 4. The maximum atomic E-state index is 12.9. The maximum absolute atomic E-state index is 12.9. The van der Waals surface area contributed by atoms with Crippen LogP contribution in [-0.4, -0.2) is 21.1 Å². The summed E-state index contributed by atoms with van der Waals surface area (Å²) in [6, 6.07) is 20.1. The summed E-state index contributed by atoms with van der Waals surface area (Å²) in [5, 5.41) is 3.16. The molecule has 0 aliphatic carbocycles. The molecule has 0 radical (unpaired) electrons. The lowest BCUT2D eigenvalue weighted by Gasteiger charge is -2.05. The Morgan fingerprint density at radius 1 is 0.964 bits per heavy atom. The quantitative estimate of drug-likeness (QED) is 0.470. The molecule has 0 spiro atoms. The number of aromatic nitrogens is 3. The van der Waals surface area contributed by atoms with Crippen molar-refractivity contribution in [3.63, 3.8) is 0 Å². The van der Waals surface area contributed by atoms with Gasteiger partial charge in [-0.1, -0.05) is 48.5 Å². The highest BCUT2D eigenvalue weighted by molar-refractivity contribution is 6.05. The lowest BCUT2D eigenvalue weighted by atomic mass is 10.1. The number of hydrogen-bond donors (Lipinski definition) is 2.